The van der Waals surface area contributed by atoms with Crippen molar-refractivity contribution in [2.45, 2.75) is 26.4 Å². The number of aromatic nitrogens is 1. The van der Waals surface area contributed by atoms with E-state index in [1.807, 2.05) is 30.3 Å². The first-order chi connectivity index (χ1) is 10.3. The molecule has 0 unspecified atom stereocenters. The molecule has 0 N–H and O–H groups in total. The Morgan fingerprint density at radius 1 is 1.05 bits per heavy atom. The maximum atomic E-state index is 12.3. The Bertz CT molecular complexity index is 680. The molecule has 5 nitrogen and oxygen atoms in total. The zero-order chi connectivity index (χ0) is 16.3. The second-order valence-electron chi connectivity index (χ2n) is 5.82. The minimum Gasteiger partial charge on any atom is -0.464 e. The molecule has 0 aliphatic heterocycles. The number of ether oxygens (including phenoxy) is 2. The molecule has 2 rings (SSSR count). The van der Waals surface area contributed by atoms with Gasteiger partial charge in [0.05, 0.1) is 7.11 Å². The summed E-state index contributed by atoms with van der Waals surface area (Å²) in [7, 11) is 1.27. The van der Waals surface area contributed by atoms with E-state index in [-0.39, 0.29) is 5.69 Å². The molecule has 0 aliphatic rings. The van der Waals surface area contributed by atoms with Crippen LogP contribution in [0.25, 0.3) is 11.1 Å². The highest BCUT2D eigenvalue weighted by Crippen LogP contribution is 2.23. The number of hydrogen-bond acceptors (Lipinski definition) is 4. The van der Waals surface area contributed by atoms with Crippen molar-refractivity contribution in [1.82, 2.24) is 4.57 Å². The molecule has 0 amide bonds. The number of hydrogen-bond donors (Lipinski definition) is 0. The molecule has 0 aliphatic carbocycles. The van der Waals surface area contributed by atoms with E-state index in [9.17, 15) is 9.59 Å². The second kappa shape index (κ2) is 6.05. The van der Waals surface area contributed by atoms with E-state index >= 15 is 0 Å². The standard InChI is InChI=1S/C17H19NO4/c1-17(2,3)22-16(20)18-11-13(10-14(18)15(19)21-4)12-8-6-5-7-9-12/h5-11H,1-4H3. The van der Waals surface area contributed by atoms with Crippen LogP contribution >= 0.6 is 0 Å². The number of rotatable bonds is 2. The lowest BCUT2D eigenvalue weighted by Crippen LogP contribution is -2.28. The van der Waals surface area contributed by atoms with Gasteiger partial charge in [-0.2, -0.15) is 0 Å². The lowest BCUT2D eigenvalue weighted by atomic mass is 10.1. The molecule has 1 heterocycles. The SMILES string of the molecule is COC(=O)c1cc(-c2ccccc2)cn1C(=O)OC(C)(C)C. The van der Waals surface area contributed by atoms with Crippen LogP contribution in [0.1, 0.15) is 31.3 Å². The zero-order valence-electron chi connectivity index (χ0n) is 13.1. The van der Waals surface area contributed by atoms with Gasteiger partial charge >= 0.3 is 12.1 Å². The predicted octanol–water partition coefficient (Wildman–Crippen LogP) is 3.72. The van der Waals surface area contributed by atoms with Crippen LogP contribution in [0.2, 0.25) is 0 Å². The molecule has 0 spiro atoms. The summed E-state index contributed by atoms with van der Waals surface area (Å²) in [6.07, 6.45) is 0.963. The molecule has 0 saturated carbocycles. The maximum absolute atomic E-state index is 12.3. The predicted molar refractivity (Wildman–Crippen MR) is 82.8 cm³/mol. The van der Waals surface area contributed by atoms with Gasteiger partial charge in [-0.15, -0.1) is 0 Å². The summed E-state index contributed by atoms with van der Waals surface area (Å²) in [5, 5.41) is 0. The Labute approximate surface area is 129 Å². The van der Waals surface area contributed by atoms with Crippen molar-refractivity contribution >= 4 is 12.1 Å². The van der Waals surface area contributed by atoms with Crippen molar-refractivity contribution in [3.8, 4) is 11.1 Å². The van der Waals surface area contributed by atoms with Crippen molar-refractivity contribution in [1.29, 1.82) is 0 Å². The molecular formula is C17H19NO4. The highest BCUT2D eigenvalue weighted by molar-refractivity contribution is 5.94. The zero-order valence-corrected chi connectivity index (χ0v) is 13.1. The Hall–Kier alpha value is -2.56. The fourth-order valence-electron chi connectivity index (χ4n) is 1.98. The van der Waals surface area contributed by atoms with E-state index in [0.29, 0.717) is 0 Å². The van der Waals surface area contributed by atoms with Gasteiger partial charge in [0.1, 0.15) is 11.3 Å². The van der Waals surface area contributed by atoms with Gasteiger partial charge in [0, 0.05) is 11.8 Å². The first-order valence-electron chi connectivity index (χ1n) is 6.91. The Morgan fingerprint density at radius 2 is 1.68 bits per heavy atom. The number of esters is 1. The second-order valence-corrected chi connectivity index (χ2v) is 5.82. The third-order valence-corrected chi connectivity index (χ3v) is 2.91. The normalized spacial score (nSPS) is 11.1. The van der Waals surface area contributed by atoms with Gasteiger partial charge in [0.15, 0.2) is 0 Å². The molecule has 0 saturated heterocycles. The molecule has 116 valence electrons. The smallest absolute Gasteiger partial charge is 0.419 e. The molecule has 1 aromatic heterocycles. The fourth-order valence-corrected chi connectivity index (χ4v) is 1.98. The summed E-state index contributed by atoms with van der Waals surface area (Å²) in [4.78, 5) is 24.2. The van der Waals surface area contributed by atoms with E-state index in [2.05, 4.69) is 0 Å². The van der Waals surface area contributed by atoms with Gasteiger partial charge in [-0.05, 0) is 32.4 Å². The van der Waals surface area contributed by atoms with Gasteiger partial charge in [-0.25, -0.2) is 14.2 Å². The average Bonchev–Trinajstić information content (AvgIpc) is 2.91. The minimum atomic E-state index is -0.651. The van der Waals surface area contributed by atoms with E-state index in [0.717, 1.165) is 11.1 Å². The van der Waals surface area contributed by atoms with Crippen LogP contribution in [0.4, 0.5) is 4.79 Å². The largest absolute Gasteiger partial charge is 0.464 e. The molecule has 1 aromatic carbocycles. The van der Waals surface area contributed by atoms with E-state index in [4.69, 9.17) is 9.47 Å². The Kier molecular flexibility index (Phi) is 4.35. The maximum Gasteiger partial charge on any atom is 0.419 e. The molecule has 22 heavy (non-hydrogen) atoms. The first kappa shape index (κ1) is 15.8. The summed E-state index contributed by atoms with van der Waals surface area (Å²) >= 11 is 0. The van der Waals surface area contributed by atoms with Crippen LogP contribution in [0.5, 0.6) is 0 Å². The molecule has 0 fully saturated rings. The van der Waals surface area contributed by atoms with E-state index in [1.54, 1.807) is 33.0 Å². The number of carbonyl (C=O) groups is 2. The third kappa shape index (κ3) is 3.55. The monoisotopic (exact) mass is 301 g/mol. The topological polar surface area (TPSA) is 57.5 Å². The highest BCUT2D eigenvalue weighted by Gasteiger charge is 2.24. The highest BCUT2D eigenvalue weighted by atomic mass is 16.6. The fraction of sp³-hybridized carbons (Fsp3) is 0.294. The van der Waals surface area contributed by atoms with Crippen LogP contribution in [0, 0.1) is 0 Å². The van der Waals surface area contributed by atoms with Crippen molar-refractivity contribution in [3.63, 3.8) is 0 Å². The van der Waals surface area contributed by atoms with E-state index < -0.39 is 17.7 Å². The third-order valence-electron chi connectivity index (χ3n) is 2.91. The number of carbonyl (C=O) groups excluding carboxylic acids is 2. The lowest BCUT2D eigenvalue weighted by Gasteiger charge is -2.20. The summed E-state index contributed by atoms with van der Waals surface area (Å²) in [5.41, 5.74) is 1.12. The molecule has 0 atom stereocenters. The van der Waals surface area contributed by atoms with Crippen molar-refractivity contribution in [3.05, 3.63) is 48.3 Å². The summed E-state index contributed by atoms with van der Waals surface area (Å²) in [6.45, 7) is 5.30. The van der Waals surface area contributed by atoms with Crippen molar-refractivity contribution < 1.29 is 19.1 Å². The summed E-state index contributed by atoms with van der Waals surface area (Å²) < 4.78 is 11.2. The Morgan fingerprint density at radius 3 is 2.23 bits per heavy atom. The van der Waals surface area contributed by atoms with Crippen molar-refractivity contribution in [2.24, 2.45) is 0 Å². The van der Waals surface area contributed by atoms with Crippen LogP contribution in [0.3, 0.4) is 0 Å². The lowest BCUT2D eigenvalue weighted by molar-refractivity contribution is 0.0483. The van der Waals surface area contributed by atoms with Gasteiger partial charge in [-0.1, -0.05) is 30.3 Å². The number of methoxy groups -OCH3 is 1. The molecule has 5 heteroatoms. The number of nitrogens with zero attached hydrogens (tertiary/aromatic N) is 1. The molecule has 2 aromatic rings. The summed E-state index contributed by atoms with van der Waals surface area (Å²) in [6, 6.07) is 11.1. The summed E-state index contributed by atoms with van der Waals surface area (Å²) in [5.74, 6) is -0.590. The van der Waals surface area contributed by atoms with Crippen LogP contribution in [-0.2, 0) is 9.47 Å². The average molecular weight is 301 g/mol. The Balaban J connectivity index is 2.46. The molecular weight excluding hydrogens is 282 g/mol. The quantitative estimate of drug-likeness (QED) is 0.793. The van der Waals surface area contributed by atoms with Gasteiger partial charge in [-0.3, -0.25) is 0 Å². The molecule has 0 bridgehead atoms. The van der Waals surface area contributed by atoms with Crippen LogP contribution < -0.4 is 0 Å². The minimum absolute atomic E-state index is 0.135. The van der Waals surface area contributed by atoms with Gasteiger partial charge in [0.2, 0.25) is 0 Å². The van der Waals surface area contributed by atoms with Gasteiger partial charge in [0.25, 0.3) is 0 Å². The van der Waals surface area contributed by atoms with E-state index in [1.165, 1.54) is 11.7 Å². The van der Waals surface area contributed by atoms with Crippen LogP contribution in [-0.4, -0.2) is 29.3 Å². The first-order valence-corrected chi connectivity index (χ1v) is 6.91. The van der Waals surface area contributed by atoms with Crippen LogP contribution in [0.15, 0.2) is 42.6 Å². The van der Waals surface area contributed by atoms with Crippen molar-refractivity contribution in [2.75, 3.05) is 7.11 Å². The molecule has 0 radical (unpaired) electrons. The van der Waals surface area contributed by atoms with Gasteiger partial charge < -0.3 is 9.47 Å². The number of benzene rings is 1.